The summed E-state index contributed by atoms with van der Waals surface area (Å²) in [5, 5.41) is 4.35. The smallest absolute Gasteiger partial charge is 0.132 e. The molecule has 0 aromatic carbocycles. The molecule has 0 aliphatic rings. The molecule has 108 valence electrons. The van der Waals surface area contributed by atoms with Gasteiger partial charge < -0.3 is 10.3 Å². The molecule has 2 rings (SSSR count). The molecule has 0 bridgehead atoms. The highest BCUT2D eigenvalue weighted by Crippen LogP contribution is 2.29. The third-order valence-corrected chi connectivity index (χ3v) is 3.27. The van der Waals surface area contributed by atoms with E-state index < -0.39 is 0 Å². The highest BCUT2D eigenvalue weighted by molar-refractivity contribution is 5.70. The van der Waals surface area contributed by atoms with E-state index in [2.05, 4.69) is 39.4 Å². The molecule has 0 radical (unpaired) electrons. The molecule has 0 amide bonds. The Morgan fingerprint density at radius 1 is 1.35 bits per heavy atom. The number of imidazole rings is 1. The zero-order valence-electron chi connectivity index (χ0n) is 12.7. The first-order valence-electron chi connectivity index (χ1n) is 6.97. The zero-order chi connectivity index (χ0) is 14.9. The van der Waals surface area contributed by atoms with Crippen LogP contribution in [-0.4, -0.2) is 19.3 Å². The van der Waals surface area contributed by atoms with Crippen LogP contribution in [0.4, 0.5) is 5.82 Å². The summed E-state index contributed by atoms with van der Waals surface area (Å²) < 4.78 is 3.93. The number of rotatable bonds is 5. The SMILES string of the molecule is C=CCn1c(C(C)C)nc(-c2cnn(C(C)C)c2)c1N. The van der Waals surface area contributed by atoms with Gasteiger partial charge in [-0.25, -0.2) is 4.98 Å². The fourth-order valence-electron chi connectivity index (χ4n) is 2.20. The molecular formula is C15H23N5. The van der Waals surface area contributed by atoms with Gasteiger partial charge in [0.15, 0.2) is 0 Å². The average molecular weight is 273 g/mol. The summed E-state index contributed by atoms with van der Waals surface area (Å²) in [5.74, 6) is 1.97. The Morgan fingerprint density at radius 2 is 2.05 bits per heavy atom. The van der Waals surface area contributed by atoms with Gasteiger partial charge in [-0.1, -0.05) is 19.9 Å². The minimum absolute atomic E-state index is 0.311. The highest BCUT2D eigenvalue weighted by atomic mass is 15.3. The molecule has 2 N–H and O–H groups in total. The Hall–Kier alpha value is -2.04. The van der Waals surface area contributed by atoms with Gasteiger partial charge in [0.05, 0.1) is 6.20 Å². The van der Waals surface area contributed by atoms with Gasteiger partial charge in [-0.15, -0.1) is 6.58 Å². The molecule has 2 aromatic heterocycles. The van der Waals surface area contributed by atoms with Crippen LogP contribution >= 0.6 is 0 Å². The second-order valence-corrected chi connectivity index (χ2v) is 5.56. The number of hydrogen-bond donors (Lipinski definition) is 1. The van der Waals surface area contributed by atoms with Gasteiger partial charge >= 0.3 is 0 Å². The average Bonchev–Trinajstić information content (AvgIpc) is 2.96. The van der Waals surface area contributed by atoms with Crippen LogP contribution in [0.1, 0.15) is 45.5 Å². The maximum atomic E-state index is 6.26. The van der Waals surface area contributed by atoms with Crippen molar-refractivity contribution in [1.82, 2.24) is 19.3 Å². The van der Waals surface area contributed by atoms with E-state index in [9.17, 15) is 0 Å². The molecule has 0 atom stereocenters. The van der Waals surface area contributed by atoms with Crippen molar-refractivity contribution in [3.8, 4) is 11.3 Å². The number of nitrogen functional groups attached to an aromatic ring is 1. The van der Waals surface area contributed by atoms with Gasteiger partial charge in [-0.05, 0) is 13.8 Å². The predicted octanol–water partition coefficient (Wildman–Crippen LogP) is 3.22. The van der Waals surface area contributed by atoms with E-state index in [1.807, 2.05) is 27.7 Å². The Balaban J connectivity index is 2.50. The van der Waals surface area contributed by atoms with Gasteiger partial charge in [-0.2, -0.15) is 5.10 Å². The lowest BCUT2D eigenvalue weighted by Crippen LogP contribution is -2.07. The van der Waals surface area contributed by atoms with Crippen LogP contribution in [0.25, 0.3) is 11.3 Å². The van der Waals surface area contributed by atoms with Gasteiger partial charge in [0.25, 0.3) is 0 Å². The molecular weight excluding hydrogens is 250 g/mol. The van der Waals surface area contributed by atoms with E-state index in [-0.39, 0.29) is 0 Å². The number of hydrogen-bond acceptors (Lipinski definition) is 3. The van der Waals surface area contributed by atoms with Crippen LogP contribution in [0.3, 0.4) is 0 Å². The molecule has 20 heavy (non-hydrogen) atoms. The molecule has 2 aromatic rings. The first kappa shape index (κ1) is 14.4. The fraction of sp³-hybridized carbons (Fsp3) is 0.467. The Morgan fingerprint density at radius 3 is 2.55 bits per heavy atom. The van der Waals surface area contributed by atoms with E-state index in [0.717, 1.165) is 17.1 Å². The number of nitrogens with two attached hydrogens (primary N) is 1. The van der Waals surface area contributed by atoms with E-state index in [4.69, 9.17) is 10.7 Å². The molecule has 5 nitrogen and oxygen atoms in total. The van der Waals surface area contributed by atoms with Gasteiger partial charge in [-0.3, -0.25) is 4.68 Å². The van der Waals surface area contributed by atoms with Crippen molar-refractivity contribution in [2.75, 3.05) is 5.73 Å². The van der Waals surface area contributed by atoms with Crippen molar-refractivity contribution in [1.29, 1.82) is 0 Å². The van der Waals surface area contributed by atoms with E-state index in [0.29, 0.717) is 24.3 Å². The second-order valence-electron chi connectivity index (χ2n) is 5.56. The lowest BCUT2D eigenvalue weighted by atomic mass is 10.2. The summed E-state index contributed by atoms with van der Waals surface area (Å²) in [4.78, 5) is 4.71. The molecule has 0 spiro atoms. The third kappa shape index (κ3) is 2.48. The van der Waals surface area contributed by atoms with Crippen LogP contribution < -0.4 is 5.73 Å². The number of nitrogens with zero attached hydrogens (tertiary/aromatic N) is 4. The van der Waals surface area contributed by atoms with Crippen LogP contribution in [0.15, 0.2) is 25.0 Å². The van der Waals surface area contributed by atoms with Crippen molar-refractivity contribution >= 4 is 5.82 Å². The second kappa shape index (κ2) is 5.53. The fourth-order valence-corrected chi connectivity index (χ4v) is 2.20. The Bertz CT molecular complexity index is 604. The predicted molar refractivity (Wildman–Crippen MR) is 82.5 cm³/mol. The van der Waals surface area contributed by atoms with Gasteiger partial charge in [0.1, 0.15) is 17.3 Å². The molecule has 2 heterocycles. The summed E-state index contributed by atoms with van der Waals surface area (Å²) in [5.41, 5.74) is 8.03. The first-order chi connectivity index (χ1) is 9.45. The van der Waals surface area contributed by atoms with Gasteiger partial charge in [0.2, 0.25) is 0 Å². The lowest BCUT2D eigenvalue weighted by molar-refractivity contribution is 0.532. The molecule has 0 aliphatic carbocycles. The van der Waals surface area contributed by atoms with Crippen LogP contribution in [-0.2, 0) is 6.54 Å². The largest absolute Gasteiger partial charge is 0.383 e. The quantitative estimate of drug-likeness (QED) is 0.851. The van der Waals surface area contributed by atoms with Crippen molar-refractivity contribution in [2.24, 2.45) is 0 Å². The maximum Gasteiger partial charge on any atom is 0.132 e. The third-order valence-electron chi connectivity index (χ3n) is 3.27. The molecule has 0 saturated carbocycles. The van der Waals surface area contributed by atoms with E-state index in [1.165, 1.54) is 0 Å². The standard InChI is InChI=1S/C15H23N5/c1-6-7-19-14(16)13(18-15(19)10(2)3)12-8-17-20(9-12)11(4)5/h6,8-11H,1,7,16H2,2-5H3. The summed E-state index contributed by atoms with van der Waals surface area (Å²) in [7, 11) is 0. The minimum Gasteiger partial charge on any atom is -0.383 e. The zero-order valence-corrected chi connectivity index (χ0v) is 12.7. The molecule has 0 unspecified atom stereocenters. The van der Waals surface area contributed by atoms with Crippen LogP contribution in [0, 0.1) is 0 Å². The number of anilines is 1. The monoisotopic (exact) mass is 273 g/mol. The molecule has 0 saturated heterocycles. The topological polar surface area (TPSA) is 61.7 Å². The summed E-state index contributed by atoms with van der Waals surface area (Å²) in [6, 6.07) is 0.324. The summed E-state index contributed by atoms with van der Waals surface area (Å²) >= 11 is 0. The molecule has 0 fully saturated rings. The number of allylic oxidation sites excluding steroid dienone is 1. The van der Waals surface area contributed by atoms with Crippen molar-refractivity contribution in [3.05, 3.63) is 30.9 Å². The lowest BCUT2D eigenvalue weighted by Gasteiger charge is -2.08. The van der Waals surface area contributed by atoms with E-state index >= 15 is 0 Å². The Labute approximate surface area is 120 Å². The molecule has 0 aliphatic heterocycles. The van der Waals surface area contributed by atoms with E-state index in [1.54, 1.807) is 0 Å². The summed E-state index contributed by atoms with van der Waals surface area (Å²) in [6.45, 7) is 12.9. The Kier molecular flexibility index (Phi) is 3.97. The molecule has 5 heteroatoms. The maximum absolute atomic E-state index is 6.26. The normalized spacial score (nSPS) is 11.5. The van der Waals surface area contributed by atoms with Crippen molar-refractivity contribution in [3.63, 3.8) is 0 Å². The number of aromatic nitrogens is 4. The first-order valence-corrected chi connectivity index (χ1v) is 6.97. The van der Waals surface area contributed by atoms with Crippen LogP contribution in [0.5, 0.6) is 0 Å². The minimum atomic E-state index is 0.311. The summed E-state index contributed by atoms with van der Waals surface area (Å²) in [6.07, 6.45) is 5.65. The highest BCUT2D eigenvalue weighted by Gasteiger charge is 2.18. The van der Waals surface area contributed by atoms with Gasteiger partial charge in [0, 0.05) is 30.3 Å². The van der Waals surface area contributed by atoms with Crippen molar-refractivity contribution in [2.45, 2.75) is 46.2 Å². The van der Waals surface area contributed by atoms with Crippen molar-refractivity contribution < 1.29 is 0 Å². The van der Waals surface area contributed by atoms with Crippen LogP contribution in [0.2, 0.25) is 0 Å².